The summed E-state index contributed by atoms with van der Waals surface area (Å²) in [7, 11) is 1.54. The topological polar surface area (TPSA) is 79.5 Å². The van der Waals surface area contributed by atoms with E-state index in [0.29, 0.717) is 18.8 Å². The fourth-order valence-electron chi connectivity index (χ4n) is 2.31. The van der Waals surface area contributed by atoms with Gasteiger partial charge in [0.05, 0.1) is 18.6 Å². The maximum absolute atomic E-state index is 12.7. The van der Waals surface area contributed by atoms with Gasteiger partial charge in [0.1, 0.15) is 0 Å². The molecule has 3 amide bonds. The highest BCUT2D eigenvalue weighted by Crippen LogP contribution is 2.30. The number of carbonyl (C=O) groups is 2. The number of amides is 3. The number of nitrogens with one attached hydrogen (secondary N) is 3. The van der Waals surface area contributed by atoms with Gasteiger partial charge in [-0.25, -0.2) is 4.79 Å². The van der Waals surface area contributed by atoms with Crippen LogP contribution in [0.4, 0.5) is 29.3 Å². The van der Waals surface area contributed by atoms with Crippen molar-refractivity contribution >= 4 is 23.3 Å². The summed E-state index contributed by atoms with van der Waals surface area (Å²) >= 11 is 0. The highest BCUT2D eigenvalue weighted by atomic mass is 19.4. The lowest BCUT2D eigenvalue weighted by Gasteiger charge is -2.11. The second kappa shape index (κ2) is 9.75. The van der Waals surface area contributed by atoms with E-state index in [1.807, 2.05) is 0 Å². The van der Waals surface area contributed by atoms with E-state index in [2.05, 4.69) is 16.0 Å². The maximum Gasteiger partial charge on any atom is 0.416 e. The zero-order chi connectivity index (χ0) is 20.6. The molecule has 150 valence electrons. The van der Waals surface area contributed by atoms with E-state index in [4.69, 9.17) is 4.74 Å². The molecule has 28 heavy (non-hydrogen) atoms. The van der Waals surface area contributed by atoms with Gasteiger partial charge in [0.2, 0.25) is 5.91 Å². The first kappa shape index (κ1) is 21.2. The van der Waals surface area contributed by atoms with Crippen LogP contribution in [0.3, 0.4) is 0 Å². The first-order chi connectivity index (χ1) is 13.3. The van der Waals surface area contributed by atoms with E-state index in [-0.39, 0.29) is 18.0 Å². The Morgan fingerprint density at radius 3 is 2.32 bits per heavy atom. The highest BCUT2D eigenvalue weighted by Gasteiger charge is 2.30. The Morgan fingerprint density at radius 2 is 1.68 bits per heavy atom. The second-order valence-electron chi connectivity index (χ2n) is 5.87. The summed E-state index contributed by atoms with van der Waals surface area (Å²) in [4.78, 5) is 23.7. The van der Waals surface area contributed by atoms with Gasteiger partial charge in [-0.3, -0.25) is 4.79 Å². The molecule has 0 radical (unpaired) electrons. The number of hydrogen-bond acceptors (Lipinski definition) is 3. The van der Waals surface area contributed by atoms with E-state index in [0.717, 1.165) is 17.7 Å². The number of urea groups is 1. The van der Waals surface area contributed by atoms with Crippen LogP contribution in [0.2, 0.25) is 0 Å². The summed E-state index contributed by atoms with van der Waals surface area (Å²) in [6.45, 7) is 0.847. The Bertz CT molecular complexity index is 808. The molecule has 0 aliphatic rings. The third-order valence-electron chi connectivity index (χ3n) is 3.65. The molecule has 2 aromatic rings. The van der Waals surface area contributed by atoms with Crippen LogP contribution in [0.5, 0.6) is 0 Å². The molecule has 6 nitrogen and oxygen atoms in total. The standard InChI is InChI=1S/C19H20F3N3O3/c1-28-10-9-23-17(26)11-13-5-7-15(8-6-13)24-18(27)25-16-4-2-3-14(12-16)19(20,21)22/h2-8,12H,9-11H2,1H3,(H,23,26)(H2,24,25,27). The van der Waals surface area contributed by atoms with E-state index in [9.17, 15) is 22.8 Å². The fourth-order valence-corrected chi connectivity index (χ4v) is 2.31. The fraction of sp³-hybridized carbons (Fsp3) is 0.263. The average Bonchev–Trinajstić information content (AvgIpc) is 2.63. The minimum atomic E-state index is -4.49. The van der Waals surface area contributed by atoms with Gasteiger partial charge in [-0.05, 0) is 35.9 Å². The molecule has 2 aromatic carbocycles. The van der Waals surface area contributed by atoms with Crippen molar-refractivity contribution in [2.75, 3.05) is 30.9 Å². The highest BCUT2D eigenvalue weighted by molar-refractivity contribution is 5.99. The third kappa shape index (κ3) is 6.92. The Balaban J connectivity index is 1.88. The number of hydrogen-bond donors (Lipinski definition) is 3. The molecule has 0 fully saturated rings. The van der Waals surface area contributed by atoms with E-state index in [1.54, 1.807) is 31.4 Å². The molecule has 0 atom stereocenters. The summed E-state index contributed by atoms with van der Waals surface area (Å²) in [6, 6.07) is 10.2. The van der Waals surface area contributed by atoms with E-state index < -0.39 is 17.8 Å². The van der Waals surface area contributed by atoms with Crippen LogP contribution in [-0.4, -0.2) is 32.2 Å². The van der Waals surface area contributed by atoms with Crippen molar-refractivity contribution in [3.05, 3.63) is 59.7 Å². The van der Waals surface area contributed by atoms with Crippen molar-refractivity contribution in [2.24, 2.45) is 0 Å². The molecule has 2 rings (SSSR count). The lowest BCUT2D eigenvalue weighted by molar-refractivity contribution is -0.137. The zero-order valence-corrected chi connectivity index (χ0v) is 15.1. The molecule has 0 spiro atoms. The minimum absolute atomic E-state index is 0.0247. The molecule has 0 aliphatic heterocycles. The molecule has 0 heterocycles. The number of rotatable bonds is 7. The zero-order valence-electron chi connectivity index (χ0n) is 15.1. The van der Waals surface area contributed by atoms with Gasteiger partial charge >= 0.3 is 12.2 Å². The summed E-state index contributed by atoms with van der Waals surface area (Å²) in [5, 5.41) is 7.57. The van der Waals surface area contributed by atoms with E-state index >= 15 is 0 Å². The first-order valence-corrected chi connectivity index (χ1v) is 8.38. The minimum Gasteiger partial charge on any atom is -0.383 e. The van der Waals surface area contributed by atoms with Crippen molar-refractivity contribution in [2.45, 2.75) is 12.6 Å². The normalized spacial score (nSPS) is 11.0. The van der Waals surface area contributed by atoms with Gasteiger partial charge < -0.3 is 20.7 Å². The van der Waals surface area contributed by atoms with Crippen molar-refractivity contribution in [3.8, 4) is 0 Å². The lowest BCUT2D eigenvalue weighted by Crippen LogP contribution is -2.28. The molecular formula is C19H20F3N3O3. The Kier molecular flexibility index (Phi) is 7.39. The van der Waals surface area contributed by atoms with Crippen molar-refractivity contribution in [1.29, 1.82) is 0 Å². The summed E-state index contributed by atoms with van der Waals surface area (Å²) < 4.78 is 43.0. The molecule has 0 aliphatic carbocycles. The summed E-state index contributed by atoms with van der Waals surface area (Å²) in [5.41, 5.74) is 0.363. The average molecular weight is 395 g/mol. The molecule has 0 bridgehead atoms. The number of benzene rings is 2. The van der Waals surface area contributed by atoms with Crippen molar-refractivity contribution in [1.82, 2.24) is 5.32 Å². The Hall–Kier alpha value is -3.07. The first-order valence-electron chi connectivity index (χ1n) is 8.38. The number of ether oxygens (including phenoxy) is 1. The van der Waals surface area contributed by atoms with Gasteiger partial charge in [-0.2, -0.15) is 13.2 Å². The van der Waals surface area contributed by atoms with Crippen LogP contribution >= 0.6 is 0 Å². The molecule has 0 unspecified atom stereocenters. The monoisotopic (exact) mass is 395 g/mol. The van der Waals surface area contributed by atoms with Gasteiger partial charge in [-0.1, -0.05) is 18.2 Å². The second-order valence-corrected chi connectivity index (χ2v) is 5.87. The molecule has 0 saturated carbocycles. The van der Waals surface area contributed by atoms with Crippen LogP contribution < -0.4 is 16.0 Å². The van der Waals surface area contributed by atoms with Crippen LogP contribution in [0.1, 0.15) is 11.1 Å². The summed E-state index contributed by atoms with van der Waals surface area (Å²) in [5.74, 6) is -0.153. The molecular weight excluding hydrogens is 375 g/mol. The summed E-state index contributed by atoms with van der Waals surface area (Å²) in [6.07, 6.45) is -4.31. The van der Waals surface area contributed by atoms with Crippen LogP contribution in [0, 0.1) is 0 Å². The Morgan fingerprint density at radius 1 is 1.00 bits per heavy atom. The molecule has 0 aromatic heterocycles. The molecule has 0 saturated heterocycles. The smallest absolute Gasteiger partial charge is 0.383 e. The quantitative estimate of drug-likeness (QED) is 0.626. The van der Waals surface area contributed by atoms with Gasteiger partial charge in [0, 0.05) is 25.0 Å². The number of alkyl halides is 3. The predicted octanol–water partition coefficient (Wildman–Crippen LogP) is 3.65. The van der Waals surface area contributed by atoms with Gasteiger partial charge in [-0.15, -0.1) is 0 Å². The third-order valence-corrected chi connectivity index (χ3v) is 3.65. The van der Waals surface area contributed by atoms with E-state index in [1.165, 1.54) is 12.1 Å². The lowest BCUT2D eigenvalue weighted by atomic mass is 10.1. The largest absolute Gasteiger partial charge is 0.416 e. The van der Waals surface area contributed by atoms with Crippen LogP contribution in [-0.2, 0) is 22.1 Å². The van der Waals surface area contributed by atoms with Crippen molar-refractivity contribution < 1.29 is 27.5 Å². The maximum atomic E-state index is 12.7. The van der Waals surface area contributed by atoms with Crippen molar-refractivity contribution in [3.63, 3.8) is 0 Å². The molecule has 3 N–H and O–H groups in total. The number of methoxy groups -OCH3 is 1. The van der Waals surface area contributed by atoms with Gasteiger partial charge in [0.25, 0.3) is 0 Å². The molecule has 9 heteroatoms. The number of halogens is 3. The van der Waals surface area contributed by atoms with Crippen LogP contribution in [0.15, 0.2) is 48.5 Å². The van der Waals surface area contributed by atoms with Gasteiger partial charge in [0.15, 0.2) is 0 Å². The SMILES string of the molecule is COCCNC(=O)Cc1ccc(NC(=O)Nc2cccc(C(F)(F)F)c2)cc1. The number of anilines is 2. The van der Waals surface area contributed by atoms with Crippen LogP contribution in [0.25, 0.3) is 0 Å². The number of carbonyl (C=O) groups excluding carboxylic acids is 2. The predicted molar refractivity (Wildman–Crippen MR) is 99.1 cm³/mol. The Labute approximate surface area is 160 Å².